The number of benzene rings is 1. The van der Waals surface area contributed by atoms with Crippen LogP contribution in [0.1, 0.15) is 48.2 Å². The first kappa shape index (κ1) is 18.5. The van der Waals surface area contributed by atoms with Crippen molar-refractivity contribution >= 4 is 17.6 Å². The Labute approximate surface area is 164 Å². The fraction of sp³-hybridized carbons (Fsp3) is 0.524. The van der Waals surface area contributed by atoms with Gasteiger partial charge in [-0.1, -0.05) is 35.0 Å². The summed E-state index contributed by atoms with van der Waals surface area (Å²) in [5.41, 5.74) is 1.52. The molecular weight excluding hydrogens is 364 g/mol. The number of nitrogens with zero attached hydrogens (tertiary/aromatic N) is 1. The van der Waals surface area contributed by atoms with Crippen molar-refractivity contribution in [1.29, 1.82) is 0 Å². The van der Waals surface area contributed by atoms with Gasteiger partial charge in [-0.05, 0) is 45.1 Å². The summed E-state index contributed by atoms with van der Waals surface area (Å²) in [5.74, 6) is 0.539. The van der Waals surface area contributed by atoms with Crippen LogP contribution in [0.4, 0.5) is 0 Å². The van der Waals surface area contributed by atoms with Crippen molar-refractivity contribution in [2.75, 3.05) is 19.7 Å². The van der Waals surface area contributed by atoms with Gasteiger partial charge in [-0.2, -0.15) is 0 Å². The predicted molar refractivity (Wildman–Crippen MR) is 103 cm³/mol. The molecule has 2 aromatic rings. The van der Waals surface area contributed by atoms with E-state index >= 15 is 0 Å². The topological polar surface area (TPSA) is 56.8 Å². The van der Waals surface area contributed by atoms with Crippen molar-refractivity contribution in [3.05, 3.63) is 40.6 Å². The number of carbonyl (C=O) groups excluding carboxylic acids is 1. The van der Waals surface area contributed by atoms with Crippen LogP contribution in [-0.2, 0) is 4.74 Å². The van der Waals surface area contributed by atoms with E-state index in [4.69, 9.17) is 20.9 Å². The molecule has 5 nitrogen and oxygen atoms in total. The molecule has 2 fully saturated rings. The van der Waals surface area contributed by atoms with Crippen LogP contribution in [-0.4, -0.2) is 36.9 Å². The molecule has 2 saturated heterocycles. The van der Waals surface area contributed by atoms with Crippen molar-refractivity contribution < 1.29 is 19.0 Å². The minimum Gasteiger partial charge on any atom is -0.461 e. The molecule has 0 amide bonds. The Morgan fingerprint density at radius 3 is 2.93 bits per heavy atom. The number of halogens is 1. The zero-order valence-corrected chi connectivity index (χ0v) is 16.4. The molecule has 1 aromatic heterocycles. The third kappa shape index (κ3) is 3.76. The maximum absolute atomic E-state index is 12.9. The third-order valence-electron chi connectivity index (χ3n) is 6.05. The van der Waals surface area contributed by atoms with Gasteiger partial charge in [-0.25, -0.2) is 4.79 Å². The quantitative estimate of drug-likeness (QED) is 0.815. The zero-order valence-electron chi connectivity index (χ0n) is 15.7. The third-order valence-corrected chi connectivity index (χ3v) is 6.38. The van der Waals surface area contributed by atoms with Crippen LogP contribution in [0.15, 0.2) is 28.8 Å². The molecule has 0 aliphatic carbocycles. The molecule has 27 heavy (non-hydrogen) atoms. The van der Waals surface area contributed by atoms with Gasteiger partial charge in [0.15, 0.2) is 0 Å². The standard InChI is InChI=1S/C21H25ClN2O3/c1-14-19(20(23-27-14)16-8-2-3-9-17(16)22)21(25)26-13-15-7-6-12-24-11-5-4-10-18(15)24/h2-3,8-9,15,18H,4-7,10-13H2,1H3/p+1/t15-,18-/m1/s1. The average molecular weight is 390 g/mol. The summed E-state index contributed by atoms with van der Waals surface area (Å²) >= 11 is 6.28. The highest BCUT2D eigenvalue weighted by Crippen LogP contribution is 2.31. The lowest BCUT2D eigenvalue weighted by atomic mass is 9.84. The van der Waals surface area contributed by atoms with Crippen molar-refractivity contribution in [1.82, 2.24) is 5.16 Å². The minimum absolute atomic E-state index is 0.369. The number of hydrogen-bond donors (Lipinski definition) is 1. The fourth-order valence-corrected chi connectivity index (χ4v) is 4.91. The van der Waals surface area contributed by atoms with Gasteiger partial charge in [0.1, 0.15) is 23.6 Å². The van der Waals surface area contributed by atoms with E-state index in [9.17, 15) is 4.79 Å². The van der Waals surface area contributed by atoms with Crippen LogP contribution in [0.5, 0.6) is 0 Å². The minimum atomic E-state index is -0.369. The Balaban J connectivity index is 1.49. The van der Waals surface area contributed by atoms with Crippen LogP contribution in [0.3, 0.4) is 0 Å². The molecule has 0 saturated carbocycles. The lowest BCUT2D eigenvalue weighted by Crippen LogP contribution is -3.18. The molecular formula is C21H26ClN2O3+. The SMILES string of the molecule is Cc1onc(-c2ccccc2Cl)c1C(=O)OC[C@H]1CCC[NH+]2CCCC[C@H]12. The molecule has 144 valence electrons. The Morgan fingerprint density at radius 1 is 1.26 bits per heavy atom. The van der Waals surface area contributed by atoms with Gasteiger partial charge >= 0.3 is 5.97 Å². The summed E-state index contributed by atoms with van der Waals surface area (Å²) in [5, 5.41) is 4.60. The van der Waals surface area contributed by atoms with E-state index in [-0.39, 0.29) is 5.97 Å². The number of ether oxygens (including phenoxy) is 1. The van der Waals surface area contributed by atoms with Crippen molar-refractivity contribution in [3.63, 3.8) is 0 Å². The van der Waals surface area contributed by atoms with Crippen molar-refractivity contribution in [3.8, 4) is 11.3 Å². The number of hydrogen-bond acceptors (Lipinski definition) is 4. The number of quaternary nitrogens is 1. The predicted octanol–water partition coefficient (Wildman–Crippen LogP) is 3.31. The summed E-state index contributed by atoms with van der Waals surface area (Å²) in [6.45, 7) is 4.73. The second-order valence-electron chi connectivity index (χ2n) is 7.70. The Hall–Kier alpha value is -1.85. The van der Waals surface area contributed by atoms with E-state index < -0.39 is 0 Å². The normalized spacial score (nSPS) is 25.0. The van der Waals surface area contributed by atoms with Crippen LogP contribution < -0.4 is 4.90 Å². The largest absolute Gasteiger partial charge is 0.461 e. The molecule has 6 heteroatoms. The number of aromatic nitrogens is 1. The fourth-order valence-electron chi connectivity index (χ4n) is 4.68. The Kier molecular flexibility index (Phi) is 5.50. The van der Waals surface area contributed by atoms with Crippen LogP contribution in [0, 0.1) is 12.8 Å². The maximum Gasteiger partial charge on any atom is 0.344 e. The Bertz CT molecular complexity index is 818. The Morgan fingerprint density at radius 2 is 2.07 bits per heavy atom. The number of nitrogens with one attached hydrogen (secondary N) is 1. The number of fused-ring (bicyclic) bond motifs is 1. The van der Waals surface area contributed by atoms with Gasteiger partial charge in [0.05, 0.1) is 24.2 Å². The molecule has 1 unspecified atom stereocenters. The van der Waals surface area contributed by atoms with Crippen molar-refractivity contribution in [2.45, 2.75) is 45.1 Å². The molecule has 1 N–H and O–H groups in total. The van der Waals surface area contributed by atoms with Gasteiger partial charge < -0.3 is 14.2 Å². The molecule has 0 bridgehead atoms. The summed E-state index contributed by atoms with van der Waals surface area (Å²) in [6.07, 6.45) is 6.21. The van der Waals surface area contributed by atoms with Crippen LogP contribution in [0.2, 0.25) is 5.02 Å². The molecule has 1 aromatic carbocycles. The first-order valence-electron chi connectivity index (χ1n) is 9.88. The second-order valence-corrected chi connectivity index (χ2v) is 8.11. The average Bonchev–Trinajstić information content (AvgIpc) is 3.07. The highest BCUT2D eigenvalue weighted by Gasteiger charge is 2.37. The molecule has 3 heterocycles. The molecule has 0 radical (unpaired) electrons. The highest BCUT2D eigenvalue weighted by atomic mass is 35.5. The second kappa shape index (κ2) is 8.03. The first-order chi connectivity index (χ1) is 13.1. The molecule has 0 spiro atoms. The maximum atomic E-state index is 12.9. The van der Waals surface area contributed by atoms with E-state index in [1.807, 2.05) is 18.2 Å². The molecule has 4 rings (SSSR count). The molecule has 3 atom stereocenters. The number of piperidine rings is 2. The van der Waals surface area contributed by atoms with E-state index in [1.165, 1.54) is 38.8 Å². The van der Waals surface area contributed by atoms with Crippen LogP contribution in [0.25, 0.3) is 11.3 Å². The molecule has 2 aliphatic heterocycles. The number of rotatable bonds is 4. The van der Waals surface area contributed by atoms with Gasteiger partial charge in [0, 0.05) is 11.5 Å². The number of aryl methyl sites for hydroxylation is 1. The van der Waals surface area contributed by atoms with Crippen molar-refractivity contribution in [2.24, 2.45) is 5.92 Å². The summed E-state index contributed by atoms with van der Waals surface area (Å²) < 4.78 is 11.1. The van der Waals surface area contributed by atoms with E-state index in [2.05, 4.69) is 5.16 Å². The summed E-state index contributed by atoms with van der Waals surface area (Å²) in [6, 6.07) is 7.95. The van der Waals surface area contributed by atoms with E-state index in [0.29, 0.717) is 46.2 Å². The molecule has 2 aliphatic rings. The smallest absolute Gasteiger partial charge is 0.344 e. The number of carbonyl (C=O) groups is 1. The van der Waals surface area contributed by atoms with Gasteiger partial charge in [-0.3, -0.25) is 0 Å². The highest BCUT2D eigenvalue weighted by molar-refractivity contribution is 6.33. The lowest BCUT2D eigenvalue weighted by molar-refractivity contribution is -0.940. The lowest BCUT2D eigenvalue weighted by Gasteiger charge is -2.40. The monoisotopic (exact) mass is 389 g/mol. The number of esters is 1. The van der Waals surface area contributed by atoms with E-state index in [0.717, 1.165) is 6.42 Å². The first-order valence-corrected chi connectivity index (χ1v) is 10.3. The van der Waals surface area contributed by atoms with Crippen LogP contribution >= 0.6 is 11.6 Å². The van der Waals surface area contributed by atoms with Gasteiger partial charge in [-0.15, -0.1) is 0 Å². The van der Waals surface area contributed by atoms with E-state index in [1.54, 1.807) is 17.9 Å². The van der Waals surface area contributed by atoms with Gasteiger partial charge in [0.25, 0.3) is 0 Å². The zero-order chi connectivity index (χ0) is 18.8. The van der Waals surface area contributed by atoms with Gasteiger partial charge in [0.2, 0.25) is 0 Å². The summed E-state index contributed by atoms with van der Waals surface area (Å²) in [4.78, 5) is 14.6. The summed E-state index contributed by atoms with van der Waals surface area (Å²) in [7, 11) is 0.